The Balaban J connectivity index is 2.25. The number of anilines is 4. The van der Waals surface area contributed by atoms with Gasteiger partial charge in [-0.05, 0) is 30.3 Å². The topological polar surface area (TPSA) is 146 Å². The monoisotopic (exact) mass is 363 g/mol. The highest BCUT2D eigenvalue weighted by Crippen LogP contribution is 2.39. The average molecular weight is 364 g/mol. The van der Waals surface area contributed by atoms with Crippen LogP contribution < -0.4 is 16.8 Å². The van der Waals surface area contributed by atoms with Crippen molar-refractivity contribution < 1.29 is 9.59 Å². The van der Waals surface area contributed by atoms with Crippen molar-refractivity contribution in [2.24, 2.45) is 0 Å². The smallest absolute Gasteiger partial charge is 0.208 e. The molecule has 0 unspecified atom stereocenters. The number of nitrogen functional groups attached to an aromatic ring is 2. The molecule has 0 atom stereocenters. The van der Waals surface area contributed by atoms with E-state index in [0.717, 1.165) is 0 Å². The molecule has 2 aromatic carbocycles. The molecule has 5 N–H and O–H groups in total. The lowest BCUT2D eigenvalue weighted by atomic mass is 9.82. The Bertz CT molecular complexity index is 1090. The van der Waals surface area contributed by atoms with Crippen LogP contribution in [0.15, 0.2) is 41.5 Å². The van der Waals surface area contributed by atoms with E-state index in [-0.39, 0.29) is 28.2 Å². The van der Waals surface area contributed by atoms with Crippen LogP contribution in [0.5, 0.6) is 0 Å². The Morgan fingerprint density at radius 2 is 1.46 bits per heavy atom. The molecule has 26 heavy (non-hydrogen) atoms. The van der Waals surface area contributed by atoms with E-state index >= 15 is 0 Å². The summed E-state index contributed by atoms with van der Waals surface area (Å²) in [7, 11) is 0. The van der Waals surface area contributed by atoms with Gasteiger partial charge in [0.15, 0.2) is 0 Å². The van der Waals surface area contributed by atoms with Crippen LogP contribution in [0.2, 0.25) is 5.02 Å². The summed E-state index contributed by atoms with van der Waals surface area (Å²) < 4.78 is 0. The van der Waals surface area contributed by atoms with E-state index in [0.29, 0.717) is 10.7 Å². The maximum absolute atomic E-state index is 12.8. The maximum Gasteiger partial charge on any atom is 0.208 e. The van der Waals surface area contributed by atoms with Crippen molar-refractivity contribution in [2.75, 3.05) is 16.8 Å². The molecule has 7 nitrogen and oxygen atoms in total. The number of Topliss-reactive ketones (excluding diaryl/α,β-unsaturated/α-hetero) is 2. The fraction of sp³-hybridized carbons (Fsp3) is 0. The highest BCUT2D eigenvalue weighted by Gasteiger charge is 2.37. The summed E-state index contributed by atoms with van der Waals surface area (Å²) in [4.78, 5) is 25.4. The minimum atomic E-state index is -0.803. The number of benzene rings is 2. The van der Waals surface area contributed by atoms with Gasteiger partial charge in [-0.2, -0.15) is 10.5 Å². The number of carbonyl (C=O) groups excluding carboxylic acids is 2. The molecule has 0 saturated carbocycles. The first-order valence-corrected chi connectivity index (χ1v) is 7.65. The molecule has 126 valence electrons. The minimum Gasteiger partial charge on any atom is -0.397 e. The fourth-order valence-corrected chi connectivity index (χ4v) is 2.79. The van der Waals surface area contributed by atoms with Gasteiger partial charge in [0.2, 0.25) is 11.6 Å². The van der Waals surface area contributed by atoms with Crippen LogP contribution in [0.25, 0.3) is 0 Å². The Kier molecular flexibility index (Phi) is 4.09. The van der Waals surface area contributed by atoms with Gasteiger partial charge in [0.05, 0.1) is 28.2 Å². The molecule has 8 heteroatoms. The number of nitrogens with zero attached hydrogens (tertiary/aromatic N) is 2. The summed E-state index contributed by atoms with van der Waals surface area (Å²) in [6, 6.07) is 11.2. The van der Waals surface area contributed by atoms with Crippen LogP contribution in [0.4, 0.5) is 22.7 Å². The van der Waals surface area contributed by atoms with Gasteiger partial charge in [-0.3, -0.25) is 9.59 Å². The van der Waals surface area contributed by atoms with E-state index in [1.165, 1.54) is 6.07 Å². The Labute approximate surface area is 153 Å². The van der Waals surface area contributed by atoms with Crippen LogP contribution in [-0.4, -0.2) is 11.6 Å². The number of allylic oxidation sites excluding steroid dienone is 2. The van der Waals surface area contributed by atoms with Crippen molar-refractivity contribution in [3.05, 3.63) is 57.6 Å². The highest BCUT2D eigenvalue weighted by atomic mass is 35.5. The lowest BCUT2D eigenvalue weighted by Gasteiger charge is -2.21. The van der Waals surface area contributed by atoms with E-state index in [9.17, 15) is 14.9 Å². The van der Waals surface area contributed by atoms with Gasteiger partial charge in [-0.1, -0.05) is 11.6 Å². The molecule has 1 aliphatic carbocycles. The first kappa shape index (κ1) is 17.0. The molecule has 0 bridgehead atoms. The van der Waals surface area contributed by atoms with E-state index in [4.69, 9.17) is 28.3 Å². The third-order valence-corrected chi connectivity index (χ3v) is 4.16. The van der Waals surface area contributed by atoms with Crippen molar-refractivity contribution in [2.45, 2.75) is 0 Å². The fourth-order valence-electron chi connectivity index (χ4n) is 2.67. The minimum absolute atomic E-state index is 0.0686. The summed E-state index contributed by atoms with van der Waals surface area (Å²) in [5.74, 6) is -1.57. The molecule has 2 aromatic rings. The standard InChI is InChI=1S/C18H10ClN5O2/c19-8-1-3-9(4-2-8)24-13-5-12(22)16(23)15-14(13)17(25)10(6-20)11(7-21)18(15)26/h1-5,24H,22-23H2. The van der Waals surface area contributed by atoms with Crippen LogP contribution in [0, 0.1) is 22.7 Å². The summed E-state index contributed by atoms with van der Waals surface area (Å²) in [6.07, 6.45) is 0. The second kappa shape index (κ2) is 6.25. The van der Waals surface area contributed by atoms with Gasteiger partial charge in [0, 0.05) is 10.7 Å². The average Bonchev–Trinajstić information content (AvgIpc) is 2.62. The second-order valence-corrected chi connectivity index (χ2v) is 5.88. The molecule has 0 fully saturated rings. The number of ketones is 2. The van der Waals surface area contributed by atoms with Crippen molar-refractivity contribution >= 4 is 45.9 Å². The zero-order valence-electron chi connectivity index (χ0n) is 13.1. The predicted molar refractivity (Wildman–Crippen MR) is 96.9 cm³/mol. The normalized spacial score (nSPS) is 13.0. The zero-order chi connectivity index (χ0) is 19.0. The van der Waals surface area contributed by atoms with E-state index in [2.05, 4.69) is 5.32 Å². The number of fused-ring (bicyclic) bond motifs is 1. The van der Waals surface area contributed by atoms with Crippen LogP contribution >= 0.6 is 11.6 Å². The van der Waals surface area contributed by atoms with Crippen LogP contribution in [0.3, 0.4) is 0 Å². The van der Waals surface area contributed by atoms with Gasteiger partial charge in [0.25, 0.3) is 0 Å². The number of nitrogens with two attached hydrogens (primary N) is 2. The molecule has 0 aliphatic heterocycles. The van der Waals surface area contributed by atoms with Gasteiger partial charge in [-0.15, -0.1) is 0 Å². The first-order chi connectivity index (χ1) is 12.4. The molecule has 1 aliphatic rings. The summed E-state index contributed by atoms with van der Waals surface area (Å²) in [5.41, 5.74) is 11.2. The number of hydrogen-bond acceptors (Lipinski definition) is 7. The second-order valence-electron chi connectivity index (χ2n) is 5.44. The largest absolute Gasteiger partial charge is 0.397 e. The third-order valence-electron chi connectivity index (χ3n) is 3.90. The summed E-state index contributed by atoms with van der Waals surface area (Å²) in [5, 5.41) is 21.9. The summed E-state index contributed by atoms with van der Waals surface area (Å²) >= 11 is 5.85. The van der Waals surface area contributed by atoms with Crippen molar-refractivity contribution in [3.8, 4) is 12.1 Å². The zero-order valence-corrected chi connectivity index (χ0v) is 13.9. The van der Waals surface area contributed by atoms with E-state index in [1.807, 2.05) is 0 Å². The Morgan fingerprint density at radius 1 is 0.923 bits per heavy atom. The van der Waals surface area contributed by atoms with Gasteiger partial charge in [-0.25, -0.2) is 0 Å². The lowest BCUT2D eigenvalue weighted by Crippen LogP contribution is -2.24. The number of nitriles is 2. The number of rotatable bonds is 2. The van der Waals surface area contributed by atoms with Crippen LogP contribution in [0.1, 0.15) is 20.7 Å². The Morgan fingerprint density at radius 3 is 2.00 bits per heavy atom. The number of carbonyl (C=O) groups is 2. The van der Waals surface area contributed by atoms with Crippen LogP contribution in [-0.2, 0) is 0 Å². The predicted octanol–water partition coefficient (Wildman–Crippen LogP) is 2.97. The number of halogens is 1. The number of nitrogens with one attached hydrogen (secondary N) is 1. The molecule has 3 rings (SSSR count). The highest BCUT2D eigenvalue weighted by molar-refractivity contribution is 6.33. The SMILES string of the molecule is N#CC1=C(C#N)C(=O)c2c(N)c(N)cc(Nc3ccc(Cl)cc3)c2C1=O. The molecule has 0 aromatic heterocycles. The van der Waals surface area contributed by atoms with Gasteiger partial charge in [0.1, 0.15) is 23.3 Å². The molecule has 0 saturated heterocycles. The molecule has 0 amide bonds. The van der Waals surface area contributed by atoms with Gasteiger partial charge < -0.3 is 16.8 Å². The van der Waals surface area contributed by atoms with Crippen molar-refractivity contribution in [3.63, 3.8) is 0 Å². The molecular formula is C18H10ClN5O2. The molecule has 0 heterocycles. The number of hydrogen-bond donors (Lipinski definition) is 3. The Hall–Kier alpha value is -3.81. The summed E-state index contributed by atoms with van der Waals surface area (Å²) in [6.45, 7) is 0. The molecule has 0 radical (unpaired) electrons. The van der Waals surface area contributed by atoms with E-state index < -0.39 is 22.7 Å². The van der Waals surface area contributed by atoms with Crippen molar-refractivity contribution in [1.29, 1.82) is 10.5 Å². The van der Waals surface area contributed by atoms with Gasteiger partial charge >= 0.3 is 0 Å². The van der Waals surface area contributed by atoms with Crippen molar-refractivity contribution in [1.82, 2.24) is 0 Å². The quantitative estimate of drug-likeness (QED) is 0.695. The third kappa shape index (κ3) is 2.53. The first-order valence-electron chi connectivity index (χ1n) is 7.27. The van der Waals surface area contributed by atoms with E-state index in [1.54, 1.807) is 36.4 Å². The molecular weight excluding hydrogens is 354 g/mol. The maximum atomic E-state index is 12.8. The lowest BCUT2D eigenvalue weighted by molar-refractivity contribution is 0.0983. The molecule has 0 spiro atoms.